The van der Waals surface area contributed by atoms with E-state index in [9.17, 15) is 25.9 Å². The van der Waals surface area contributed by atoms with E-state index in [1.165, 1.54) is 116 Å². The van der Waals surface area contributed by atoms with E-state index < -0.39 is 20.8 Å². The summed E-state index contributed by atoms with van der Waals surface area (Å²) in [6, 6.07) is 0. The van der Waals surface area contributed by atoms with E-state index in [-0.39, 0.29) is 62.8 Å². The van der Waals surface area contributed by atoms with Gasteiger partial charge in [0.15, 0.2) is 0 Å². The molecule has 2 atom stereocenters. The Bertz CT molecular complexity index is 893. The van der Waals surface area contributed by atoms with Crippen LogP contribution in [0.15, 0.2) is 24.3 Å². The maximum Gasteiger partial charge on any atom is 2.00 e. The summed E-state index contributed by atoms with van der Waals surface area (Å²) < 4.78 is 73.1. The summed E-state index contributed by atoms with van der Waals surface area (Å²) in [5.41, 5.74) is 0. The Labute approximate surface area is 347 Å². The molecule has 8 nitrogen and oxygen atoms in total. The molecule has 0 radical (unpaired) electrons. The average molecular weight is 791 g/mol. The first kappa shape index (κ1) is 55.8. The van der Waals surface area contributed by atoms with Crippen LogP contribution < -0.4 is 0 Å². The predicted molar refractivity (Wildman–Crippen MR) is 214 cm³/mol. The van der Waals surface area contributed by atoms with Gasteiger partial charge in [0.05, 0.1) is 13.2 Å². The average Bonchev–Trinajstić information content (AvgIpc) is 3.06. The molecule has 0 rings (SSSR count). The van der Waals surface area contributed by atoms with Crippen LogP contribution in [-0.4, -0.2) is 76.9 Å². The molecular weight excluding hydrogens is 713 g/mol. The molecule has 2 unspecified atom stereocenters. The van der Waals surface area contributed by atoms with Crippen LogP contribution in [0.3, 0.4) is 0 Å². The molecule has 0 aromatic rings. The van der Waals surface area contributed by atoms with Crippen LogP contribution in [0, 0.1) is 11.8 Å². The second kappa shape index (κ2) is 41.6. The summed E-state index contributed by atoms with van der Waals surface area (Å²) in [4.78, 5) is 0. The van der Waals surface area contributed by atoms with E-state index in [4.69, 9.17) is 0 Å². The van der Waals surface area contributed by atoms with Gasteiger partial charge in [-0.25, -0.2) is 16.8 Å². The van der Waals surface area contributed by atoms with Gasteiger partial charge in [-0.05, 0) is 38.5 Å². The minimum Gasteiger partial charge on any atom is -0.726 e. The van der Waals surface area contributed by atoms with Crippen molar-refractivity contribution in [2.45, 2.75) is 207 Å². The topological polar surface area (TPSA) is 133 Å². The Balaban J connectivity index is -0.000000886. The second-order valence-corrected chi connectivity index (χ2v) is 16.1. The van der Waals surface area contributed by atoms with Gasteiger partial charge >= 0.3 is 37.7 Å². The van der Waals surface area contributed by atoms with Crippen LogP contribution in [-0.2, 0) is 29.2 Å². The van der Waals surface area contributed by atoms with E-state index in [1.807, 2.05) is 12.2 Å². The monoisotopic (exact) mass is 790 g/mol. The van der Waals surface area contributed by atoms with Gasteiger partial charge in [0.2, 0.25) is 20.8 Å². The zero-order chi connectivity index (χ0) is 37.6. The first-order valence-corrected chi connectivity index (χ1v) is 23.2. The Morgan fingerprint density at radius 3 is 0.961 bits per heavy atom. The number of allylic oxidation sites excluding steroid dienone is 2. The van der Waals surface area contributed by atoms with E-state index in [0.717, 1.165) is 64.2 Å². The third-order valence-electron chi connectivity index (χ3n) is 8.98. The van der Waals surface area contributed by atoms with Gasteiger partial charge in [-0.2, -0.15) is 0 Å². The van der Waals surface area contributed by atoms with Crippen molar-refractivity contribution in [1.82, 2.24) is 0 Å². The van der Waals surface area contributed by atoms with E-state index >= 15 is 0 Å². The Morgan fingerprint density at radius 2 is 0.686 bits per heavy atom. The molecule has 0 saturated carbocycles. The fourth-order valence-electron chi connectivity index (χ4n) is 5.85. The summed E-state index contributed by atoms with van der Waals surface area (Å²) in [6.45, 7) is 8.79. The summed E-state index contributed by atoms with van der Waals surface area (Å²) in [7, 11) is -9.19. The molecule has 0 aliphatic rings. The molecule has 0 fully saturated rings. The molecule has 0 saturated heterocycles. The van der Waals surface area contributed by atoms with E-state index in [1.54, 1.807) is 0 Å². The van der Waals surface area contributed by atoms with Gasteiger partial charge in [0, 0.05) is 11.8 Å². The van der Waals surface area contributed by atoms with Crippen LogP contribution in [0.25, 0.3) is 0 Å². The number of rotatable bonds is 36. The third kappa shape index (κ3) is 50.5. The van der Waals surface area contributed by atoms with Crippen molar-refractivity contribution < 1.29 is 34.3 Å². The van der Waals surface area contributed by atoms with Crippen molar-refractivity contribution in [1.29, 1.82) is 0 Å². The Morgan fingerprint density at radius 1 is 0.431 bits per heavy atom. The molecule has 0 aromatic carbocycles. The van der Waals surface area contributed by atoms with Crippen molar-refractivity contribution in [3.05, 3.63) is 24.3 Å². The maximum absolute atomic E-state index is 10.7. The van der Waals surface area contributed by atoms with Gasteiger partial charge in [-0.1, -0.05) is 193 Å². The molecule has 0 bridgehead atoms. The predicted octanol–water partition coefficient (Wildman–Crippen LogP) is 11.9. The molecule has 51 heavy (non-hydrogen) atoms. The van der Waals surface area contributed by atoms with Crippen LogP contribution in [0.4, 0.5) is 0 Å². The van der Waals surface area contributed by atoms with Crippen molar-refractivity contribution in [3.8, 4) is 0 Å². The SMILES string of the molecule is CCCCCC/C=C/C(CCCCCCCCCC)COS(=O)(=O)[O-].CCCCCC/C=C/C(CCCCCCCCCC)COS(=O)(=O)[O-].[Ca+2]. The summed E-state index contributed by atoms with van der Waals surface area (Å²) in [5, 5.41) is 0. The second-order valence-electron chi connectivity index (χ2n) is 14.0. The number of unbranched alkanes of at least 4 members (excludes halogenated alkanes) is 22. The largest absolute Gasteiger partial charge is 2.00 e. The molecule has 0 aliphatic heterocycles. The molecule has 300 valence electrons. The fraction of sp³-hybridized carbons (Fsp3) is 0.900. The van der Waals surface area contributed by atoms with Crippen molar-refractivity contribution in [2.24, 2.45) is 11.8 Å². The molecule has 0 amide bonds. The first-order valence-electron chi connectivity index (χ1n) is 20.5. The smallest absolute Gasteiger partial charge is 0.726 e. The quantitative estimate of drug-likeness (QED) is 0.0201. The maximum atomic E-state index is 10.7. The summed E-state index contributed by atoms with van der Waals surface area (Å²) >= 11 is 0. The zero-order valence-corrected chi connectivity index (χ0v) is 37.3. The van der Waals surface area contributed by atoms with Crippen LogP contribution in [0.1, 0.15) is 207 Å². The standard InChI is InChI=1S/2C20H40O4S.Ca/c2*1-3-5-7-9-11-12-14-16-18-20(19-24-25(21,22)23)17-15-13-10-8-6-4-2;/h2*15,17,20H,3-14,16,18-19H2,1-2H3,(H,21,22,23);/q;;+2/p-2/b2*17-15+;. The Hall–Kier alpha value is 0.480. The van der Waals surface area contributed by atoms with Gasteiger partial charge in [0.25, 0.3) is 0 Å². The van der Waals surface area contributed by atoms with E-state index in [2.05, 4.69) is 48.2 Å². The number of hydrogen-bond acceptors (Lipinski definition) is 8. The third-order valence-corrected chi connectivity index (χ3v) is 9.82. The minimum absolute atomic E-state index is 0. The molecule has 11 heteroatoms. The zero-order valence-electron chi connectivity index (χ0n) is 33.5. The molecule has 0 heterocycles. The van der Waals surface area contributed by atoms with Gasteiger partial charge in [-0.3, -0.25) is 8.37 Å². The van der Waals surface area contributed by atoms with Gasteiger partial charge in [-0.15, -0.1) is 0 Å². The van der Waals surface area contributed by atoms with Gasteiger partial charge < -0.3 is 9.11 Å². The van der Waals surface area contributed by atoms with Crippen LogP contribution in [0.5, 0.6) is 0 Å². The normalized spacial score (nSPS) is 13.3. The summed E-state index contributed by atoms with van der Waals surface area (Å²) in [5.74, 6) is 0.0463. The van der Waals surface area contributed by atoms with Crippen molar-refractivity contribution in [2.75, 3.05) is 13.2 Å². The number of hydrogen-bond donors (Lipinski definition) is 0. The minimum atomic E-state index is -4.59. The fourth-order valence-corrected chi connectivity index (χ4v) is 6.53. The molecule has 0 N–H and O–H groups in total. The Kier molecular flexibility index (Phi) is 45.6. The van der Waals surface area contributed by atoms with Crippen molar-refractivity contribution >= 4 is 58.5 Å². The summed E-state index contributed by atoms with van der Waals surface area (Å²) in [6.07, 6.45) is 41.8. The van der Waals surface area contributed by atoms with Crippen molar-refractivity contribution in [3.63, 3.8) is 0 Å². The van der Waals surface area contributed by atoms with E-state index in [0.29, 0.717) is 0 Å². The first-order chi connectivity index (χ1) is 24.0. The molecule has 0 aromatic heterocycles. The molecular formula is C40H78CaO8S2. The van der Waals surface area contributed by atoms with Gasteiger partial charge in [0.1, 0.15) is 0 Å². The van der Waals surface area contributed by atoms with Crippen LogP contribution in [0.2, 0.25) is 0 Å². The molecule has 0 aliphatic carbocycles. The molecule has 0 spiro atoms. The van der Waals surface area contributed by atoms with Crippen LogP contribution >= 0.6 is 0 Å².